The molecule has 6 nitrogen and oxygen atoms in total. The Morgan fingerprint density at radius 3 is 2.24 bits per heavy atom. The van der Waals surface area contributed by atoms with E-state index in [0.717, 1.165) is 39.1 Å². The summed E-state index contributed by atoms with van der Waals surface area (Å²) in [6, 6.07) is 7.69. The van der Waals surface area contributed by atoms with Gasteiger partial charge in [-0.05, 0) is 80.1 Å². The third-order valence-electron chi connectivity index (χ3n) is 5.56. The molecule has 0 spiro atoms. The Balaban J connectivity index is 1.87. The zero-order valence-electron chi connectivity index (χ0n) is 17.7. The average Bonchev–Trinajstić information content (AvgIpc) is 3.10. The van der Waals surface area contributed by atoms with E-state index >= 15 is 0 Å². The van der Waals surface area contributed by atoms with Crippen LogP contribution >= 0.6 is 0 Å². The van der Waals surface area contributed by atoms with E-state index in [1.165, 1.54) is 6.20 Å². The molecule has 29 heavy (non-hydrogen) atoms. The molecular formula is C22H27N3O3S. The molecule has 0 atom stereocenters. The van der Waals surface area contributed by atoms with E-state index in [9.17, 15) is 8.42 Å². The van der Waals surface area contributed by atoms with Gasteiger partial charge in [0.25, 0.3) is 10.0 Å². The summed E-state index contributed by atoms with van der Waals surface area (Å²) in [5, 5.41) is 4.29. The fraction of sp³-hybridized carbons (Fsp3) is 0.318. The highest BCUT2D eigenvalue weighted by molar-refractivity contribution is 7.92. The Morgan fingerprint density at radius 2 is 1.62 bits per heavy atom. The highest BCUT2D eigenvalue weighted by Gasteiger charge is 2.24. The first kappa shape index (κ1) is 20.9. The number of benzene rings is 2. The molecule has 1 heterocycles. The summed E-state index contributed by atoms with van der Waals surface area (Å²) in [5.74, 6) is 0.770. The van der Waals surface area contributed by atoms with Crippen LogP contribution in [0.2, 0.25) is 0 Å². The van der Waals surface area contributed by atoms with Crippen LogP contribution in [0.15, 0.2) is 41.6 Å². The van der Waals surface area contributed by atoms with E-state index in [-0.39, 0.29) is 0 Å². The summed E-state index contributed by atoms with van der Waals surface area (Å²) in [4.78, 5) is 0.346. The van der Waals surface area contributed by atoms with Crippen LogP contribution in [0.3, 0.4) is 0 Å². The van der Waals surface area contributed by atoms with Crippen molar-refractivity contribution >= 4 is 15.7 Å². The van der Waals surface area contributed by atoms with Crippen LogP contribution in [0.25, 0.3) is 0 Å². The van der Waals surface area contributed by atoms with Gasteiger partial charge in [-0.3, -0.25) is 9.40 Å². The van der Waals surface area contributed by atoms with Crippen molar-refractivity contribution in [1.29, 1.82) is 0 Å². The zero-order chi connectivity index (χ0) is 21.3. The topological polar surface area (TPSA) is 73.2 Å². The standard InChI is InChI=1S/C22H27N3O3S/c1-14-15(2)17(4)22(18(5)16(14)3)29(26,27)24-20-11-23-25(13-20)12-19-8-7-9-21(10-19)28-6/h7-11,13,24H,12H2,1-6H3. The summed E-state index contributed by atoms with van der Waals surface area (Å²) < 4.78 is 35.9. The molecular weight excluding hydrogens is 386 g/mol. The second kappa shape index (κ2) is 7.91. The van der Waals surface area contributed by atoms with Crippen molar-refractivity contribution < 1.29 is 13.2 Å². The van der Waals surface area contributed by atoms with E-state index in [4.69, 9.17) is 4.74 Å². The molecule has 1 aromatic heterocycles. The fourth-order valence-corrected chi connectivity index (χ4v) is 5.17. The molecule has 0 saturated carbocycles. The van der Waals surface area contributed by atoms with Gasteiger partial charge in [0.1, 0.15) is 5.75 Å². The van der Waals surface area contributed by atoms with Crippen LogP contribution in [0.4, 0.5) is 5.69 Å². The Kier molecular flexibility index (Phi) is 5.71. The molecule has 0 unspecified atom stereocenters. The number of rotatable bonds is 6. The first-order valence-corrected chi connectivity index (χ1v) is 10.9. The Labute approximate surface area is 172 Å². The lowest BCUT2D eigenvalue weighted by atomic mass is 9.95. The summed E-state index contributed by atoms with van der Waals surface area (Å²) in [6.45, 7) is 10.2. The summed E-state index contributed by atoms with van der Waals surface area (Å²) in [5.41, 5.74) is 6.14. The Bertz CT molecular complexity index is 1140. The second-order valence-corrected chi connectivity index (χ2v) is 8.96. The molecule has 0 radical (unpaired) electrons. The third-order valence-corrected chi connectivity index (χ3v) is 7.22. The number of nitrogens with zero attached hydrogens (tertiary/aromatic N) is 2. The predicted molar refractivity (Wildman–Crippen MR) is 115 cm³/mol. The minimum absolute atomic E-state index is 0.346. The Morgan fingerprint density at radius 1 is 1.00 bits per heavy atom. The molecule has 2 aromatic carbocycles. The van der Waals surface area contributed by atoms with Gasteiger partial charge in [-0.2, -0.15) is 5.10 Å². The molecule has 0 aliphatic heterocycles. The zero-order valence-corrected chi connectivity index (χ0v) is 18.5. The van der Waals surface area contributed by atoms with Crippen LogP contribution in [-0.2, 0) is 16.6 Å². The monoisotopic (exact) mass is 413 g/mol. The van der Waals surface area contributed by atoms with Gasteiger partial charge >= 0.3 is 0 Å². The average molecular weight is 414 g/mol. The molecule has 0 aliphatic carbocycles. The Hall–Kier alpha value is -2.80. The van der Waals surface area contributed by atoms with E-state index in [1.807, 2.05) is 58.9 Å². The van der Waals surface area contributed by atoms with Gasteiger partial charge in [0, 0.05) is 6.20 Å². The summed E-state index contributed by atoms with van der Waals surface area (Å²) in [7, 11) is -2.11. The molecule has 0 saturated heterocycles. The lowest BCUT2D eigenvalue weighted by Gasteiger charge is -2.19. The summed E-state index contributed by atoms with van der Waals surface area (Å²) in [6.07, 6.45) is 3.21. The van der Waals surface area contributed by atoms with E-state index in [0.29, 0.717) is 17.1 Å². The predicted octanol–water partition coefficient (Wildman–Crippen LogP) is 4.28. The third kappa shape index (κ3) is 4.15. The van der Waals surface area contributed by atoms with Crippen LogP contribution < -0.4 is 9.46 Å². The number of sulfonamides is 1. The van der Waals surface area contributed by atoms with E-state index in [1.54, 1.807) is 18.0 Å². The van der Waals surface area contributed by atoms with E-state index in [2.05, 4.69) is 9.82 Å². The molecule has 7 heteroatoms. The molecule has 0 amide bonds. The number of nitrogens with one attached hydrogen (secondary N) is 1. The van der Waals surface area contributed by atoms with Crippen LogP contribution in [0.5, 0.6) is 5.75 Å². The van der Waals surface area contributed by atoms with Gasteiger partial charge in [0.05, 0.1) is 30.4 Å². The molecule has 0 bridgehead atoms. The van der Waals surface area contributed by atoms with Crippen molar-refractivity contribution in [3.8, 4) is 5.75 Å². The molecule has 0 fully saturated rings. The van der Waals surface area contributed by atoms with Gasteiger partial charge in [0.15, 0.2) is 0 Å². The summed E-state index contributed by atoms with van der Waals surface area (Å²) >= 11 is 0. The van der Waals surface area contributed by atoms with Crippen LogP contribution in [-0.4, -0.2) is 25.3 Å². The van der Waals surface area contributed by atoms with Crippen molar-refractivity contribution in [2.45, 2.75) is 46.1 Å². The second-order valence-electron chi connectivity index (χ2n) is 7.34. The largest absolute Gasteiger partial charge is 0.497 e. The van der Waals surface area contributed by atoms with Crippen molar-refractivity contribution in [2.75, 3.05) is 11.8 Å². The number of hydrogen-bond donors (Lipinski definition) is 1. The number of hydrogen-bond acceptors (Lipinski definition) is 4. The minimum Gasteiger partial charge on any atom is -0.497 e. The van der Waals surface area contributed by atoms with Crippen LogP contribution in [0, 0.1) is 34.6 Å². The highest BCUT2D eigenvalue weighted by Crippen LogP contribution is 2.30. The highest BCUT2D eigenvalue weighted by atomic mass is 32.2. The van der Waals surface area contributed by atoms with Gasteiger partial charge in [-0.25, -0.2) is 8.42 Å². The number of anilines is 1. The van der Waals surface area contributed by atoms with Gasteiger partial charge in [-0.1, -0.05) is 12.1 Å². The molecule has 154 valence electrons. The molecule has 0 aliphatic rings. The van der Waals surface area contributed by atoms with Gasteiger partial charge < -0.3 is 4.74 Å². The normalized spacial score (nSPS) is 11.5. The SMILES string of the molecule is COc1cccc(Cn2cc(NS(=O)(=O)c3c(C)c(C)c(C)c(C)c3C)cn2)c1. The van der Waals surface area contributed by atoms with Crippen molar-refractivity contribution in [1.82, 2.24) is 9.78 Å². The number of ether oxygens (including phenoxy) is 1. The lowest BCUT2D eigenvalue weighted by molar-refractivity contribution is 0.414. The molecule has 3 aromatic rings. The first-order valence-electron chi connectivity index (χ1n) is 9.39. The van der Waals surface area contributed by atoms with Gasteiger partial charge in [-0.15, -0.1) is 0 Å². The maximum atomic E-state index is 13.1. The van der Waals surface area contributed by atoms with Crippen molar-refractivity contribution in [3.63, 3.8) is 0 Å². The van der Waals surface area contributed by atoms with Crippen molar-refractivity contribution in [2.24, 2.45) is 0 Å². The van der Waals surface area contributed by atoms with E-state index < -0.39 is 10.0 Å². The maximum absolute atomic E-state index is 13.1. The molecule has 3 rings (SSSR count). The maximum Gasteiger partial charge on any atom is 0.262 e. The quantitative estimate of drug-likeness (QED) is 0.654. The lowest BCUT2D eigenvalue weighted by Crippen LogP contribution is -2.17. The first-order chi connectivity index (χ1) is 13.6. The molecule has 1 N–H and O–H groups in total. The number of aromatic nitrogens is 2. The van der Waals surface area contributed by atoms with Crippen LogP contribution in [0.1, 0.15) is 33.4 Å². The van der Waals surface area contributed by atoms with Gasteiger partial charge in [0.2, 0.25) is 0 Å². The minimum atomic E-state index is -3.73. The smallest absolute Gasteiger partial charge is 0.262 e. The van der Waals surface area contributed by atoms with Crippen molar-refractivity contribution in [3.05, 3.63) is 70.0 Å². The number of methoxy groups -OCH3 is 1. The fourth-order valence-electron chi connectivity index (χ4n) is 3.54.